The summed E-state index contributed by atoms with van der Waals surface area (Å²) in [6, 6.07) is 3.93. The highest BCUT2D eigenvalue weighted by molar-refractivity contribution is 7.11. The van der Waals surface area contributed by atoms with Gasteiger partial charge in [0.15, 0.2) is 0 Å². The summed E-state index contributed by atoms with van der Waals surface area (Å²) in [6.07, 6.45) is 1.79. The number of rotatable bonds is 6. The van der Waals surface area contributed by atoms with Crippen LogP contribution < -0.4 is 5.32 Å². The van der Waals surface area contributed by atoms with Gasteiger partial charge in [-0.3, -0.25) is 19.8 Å². The number of aromatic nitrogens is 1. The molecule has 0 saturated heterocycles. The van der Waals surface area contributed by atoms with Crippen LogP contribution in [-0.4, -0.2) is 34.3 Å². The van der Waals surface area contributed by atoms with Gasteiger partial charge in [-0.15, -0.1) is 11.3 Å². The zero-order valence-corrected chi connectivity index (χ0v) is 14.1. The van der Waals surface area contributed by atoms with Crippen molar-refractivity contribution in [2.75, 3.05) is 18.9 Å². The first-order valence-corrected chi connectivity index (χ1v) is 7.88. The number of aryl methyl sites for hydroxylation is 1. The molecule has 2 rings (SSSR count). The second-order valence-corrected chi connectivity index (χ2v) is 6.71. The molecule has 1 aromatic heterocycles. The maximum atomic E-state index is 12.0. The van der Waals surface area contributed by atoms with Crippen molar-refractivity contribution in [3.05, 3.63) is 49.4 Å². The number of non-ortho nitro benzene ring substituents is 1. The number of anilines is 1. The first-order valence-electron chi connectivity index (χ1n) is 6.69. The molecule has 0 aliphatic rings. The van der Waals surface area contributed by atoms with Crippen LogP contribution in [0.25, 0.3) is 0 Å². The fraction of sp³-hybridized carbons (Fsp3) is 0.286. The summed E-state index contributed by atoms with van der Waals surface area (Å²) in [7, 11) is 1.83. The first-order chi connectivity index (χ1) is 10.8. The van der Waals surface area contributed by atoms with Crippen molar-refractivity contribution in [1.29, 1.82) is 0 Å². The van der Waals surface area contributed by atoms with Crippen molar-refractivity contribution >= 4 is 40.2 Å². The molecule has 1 amide bonds. The van der Waals surface area contributed by atoms with Crippen LogP contribution in [0.3, 0.4) is 0 Å². The summed E-state index contributed by atoms with van der Waals surface area (Å²) < 4.78 is 0. The number of nitrogens with one attached hydrogen (secondary N) is 1. The third kappa shape index (κ3) is 4.98. The molecular weight excluding hydrogens is 340 g/mol. The SMILES string of the molecule is Cc1ncc(CN(C)CC(=O)Nc2ccc([N+](=O)[O-])cc2Cl)s1. The maximum absolute atomic E-state index is 12.0. The van der Waals surface area contributed by atoms with Crippen molar-refractivity contribution in [3.8, 4) is 0 Å². The molecule has 0 radical (unpaired) electrons. The van der Waals surface area contributed by atoms with Gasteiger partial charge in [0.25, 0.3) is 5.69 Å². The van der Waals surface area contributed by atoms with Crippen LogP contribution in [0.5, 0.6) is 0 Å². The number of carbonyl (C=O) groups is 1. The second-order valence-electron chi connectivity index (χ2n) is 4.99. The predicted molar refractivity (Wildman–Crippen MR) is 89.9 cm³/mol. The van der Waals surface area contributed by atoms with E-state index in [2.05, 4.69) is 10.3 Å². The van der Waals surface area contributed by atoms with E-state index in [0.717, 1.165) is 9.88 Å². The van der Waals surface area contributed by atoms with E-state index in [0.29, 0.717) is 12.2 Å². The summed E-state index contributed by atoms with van der Waals surface area (Å²) >= 11 is 7.53. The van der Waals surface area contributed by atoms with Gasteiger partial charge < -0.3 is 5.32 Å². The molecule has 23 heavy (non-hydrogen) atoms. The minimum Gasteiger partial charge on any atom is -0.324 e. The highest BCUT2D eigenvalue weighted by atomic mass is 35.5. The first kappa shape index (κ1) is 17.3. The average molecular weight is 355 g/mol. The number of amides is 1. The van der Waals surface area contributed by atoms with Gasteiger partial charge in [0, 0.05) is 29.8 Å². The maximum Gasteiger partial charge on any atom is 0.271 e. The Morgan fingerprint density at radius 2 is 2.26 bits per heavy atom. The van der Waals surface area contributed by atoms with E-state index in [1.54, 1.807) is 17.5 Å². The van der Waals surface area contributed by atoms with Gasteiger partial charge in [-0.05, 0) is 20.0 Å². The normalized spacial score (nSPS) is 10.8. The number of carbonyl (C=O) groups excluding carboxylic acids is 1. The predicted octanol–water partition coefficient (Wildman–Crippen LogP) is 3.08. The fourth-order valence-corrected chi connectivity index (χ4v) is 3.05. The lowest BCUT2D eigenvalue weighted by atomic mass is 10.3. The summed E-state index contributed by atoms with van der Waals surface area (Å²) in [4.78, 5) is 29.2. The second kappa shape index (κ2) is 7.49. The quantitative estimate of drug-likeness (QED) is 0.636. The minimum atomic E-state index is -0.539. The van der Waals surface area contributed by atoms with Crippen molar-refractivity contribution in [2.24, 2.45) is 0 Å². The van der Waals surface area contributed by atoms with E-state index < -0.39 is 4.92 Å². The number of hydrogen-bond donors (Lipinski definition) is 1. The number of benzene rings is 1. The van der Waals surface area contributed by atoms with Crippen LogP contribution in [-0.2, 0) is 11.3 Å². The molecule has 7 nitrogen and oxygen atoms in total. The van der Waals surface area contributed by atoms with Crippen LogP contribution in [0.4, 0.5) is 11.4 Å². The Kier molecular flexibility index (Phi) is 5.64. The molecule has 0 saturated carbocycles. The van der Waals surface area contributed by atoms with Gasteiger partial charge in [-0.25, -0.2) is 4.98 Å². The number of nitrogens with zero attached hydrogens (tertiary/aromatic N) is 3. The lowest BCUT2D eigenvalue weighted by molar-refractivity contribution is -0.384. The van der Waals surface area contributed by atoms with Gasteiger partial charge in [-0.1, -0.05) is 11.6 Å². The molecule has 0 unspecified atom stereocenters. The van der Waals surface area contributed by atoms with Crippen molar-refractivity contribution in [3.63, 3.8) is 0 Å². The van der Waals surface area contributed by atoms with Gasteiger partial charge >= 0.3 is 0 Å². The van der Waals surface area contributed by atoms with Gasteiger partial charge in [0.05, 0.1) is 27.2 Å². The molecule has 9 heteroatoms. The number of likely N-dealkylation sites (N-methyl/N-ethyl adjacent to an activating group) is 1. The van der Waals surface area contributed by atoms with Crippen LogP contribution in [0.1, 0.15) is 9.88 Å². The third-order valence-electron chi connectivity index (χ3n) is 2.95. The number of nitro groups is 1. The van der Waals surface area contributed by atoms with Crippen molar-refractivity contribution < 1.29 is 9.72 Å². The van der Waals surface area contributed by atoms with E-state index >= 15 is 0 Å². The monoisotopic (exact) mass is 354 g/mol. The molecule has 0 spiro atoms. The number of hydrogen-bond acceptors (Lipinski definition) is 6. The van der Waals surface area contributed by atoms with Gasteiger partial charge in [0.2, 0.25) is 5.91 Å². The zero-order valence-electron chi connectivity index (χ0n) is 12.6. The van der Waals surface area contributed by atoms with E-state index in [-0.39, 0.29) is 23.2 Å². The van der Waals surface area contributed by atoms with E-state index in [1.807, 2.05) is 18.9 Å². The molecule has 1 heterocycles. The Balaban J connectivity index is 1.92. The van der Waals surface area contributed by atoms with Crippen LogP contribution in [0.2, 0.25) is 5.02 Å². The number of halogens is 1. The highest BCUT2D eigenvalue weighted by Gasteiger charge is 2.13. The molecule has 0 aliphatic heterocycles. The summed E-state index contributed by atoms with van der Waals surface area (Å²) in [6.45, 7) is 2.72. The topological polar surface area (TPSA) is 88.4 Å². The standard InChI is InChI=1S/C14H15ClN4O3S/c1-9-16-6-11(23-9)7-18(2)8-14(20)17-13-4-3-10(19(21)22)5-12(13)15/h3-6H,7-8H2,1-2H3,(H,17,20). The summed E-state index contributed by atoms with van der Waals surface area (Å²) in [5.74, 6) is -0.246. The summed E-state index contributed by atoms with van der Waals surface area (Å²) in [5.41, 5.74) is 0.231. The third-order valence-corrected chi connectivity index (χ3v) is 4.16. The van der Waals surface area contributed by atoms with Crippen molar-refractivity contribution in [1.82, 2.24) is 9.88 Å². The zero-order chi connectivity index (χ0) is 17.0. The smallest absolute Gasteiger partial charge is 0.271 e. The van der Waals surface area contributed by atoms with E-state index in [9.17, 15) is 14.9 Å². The Labute approximate surface area is 142 Å². The lowest BCUT2D eigenvalue weighted by Gasteiger charge is -2.15. The fourth-order valence-electron chi connectivity index (χ4n) is 1.95. The molecule has 0 fully saturated rings. The number of thiazole rings is 1. The van der Waals surface area contributed by atoms with Gasteiger partial charge in [-0.2, -0.15) is 0 Å². The Hall–Kier alpha value is -2.03. The molecule has 0 aliphatic carbocycles. The molecular formula is C14H15ClN4O3S. The van der Waals surface area contributed by atoms with Gasteiger partial charge in [0.1, 0.15) is 0 Å². The molecule has 2 aromatic rings. The summed E-state index contributed by atoms with van der Waals surface area (Å²) in [5, 5.41) is 14.4. The molecule has 0 atom stereocenters. The molecule has 1 N–H and O–H groups in total. The molecule has 1 aromatic carbocycles. The van der Waals surface area contributed by atoms with Crippen LogP contribution in [0.15, 0.2) is 24.4 Å². The van der Waals surface area contributed by atoms with E-state index in [1.165, 1.54) is 18.2 Å². The Morgan fingerprint density at radius 1 is 1.52 bits per heavy atom. The minimum absolute atomic E-state index is 0.120. The van der Waals surface area contributed by atoms with Crippen molar-refractivity contribution in [2.45, 2.75) is 13.5 Å². The molecule has 122 valence electrons. The molecule has 0 bridgehead atoms. The number of nitro benzene ring substituents is 1. The highest BCUT2D eigenvalue weighted by Crippen LogP contribution is 2.26. The lowest BCUT2D eigenvalue weighted by Crippen LogP contribution is -2.29. The van der Waals surface area contributed by atoms with E-state index in [4.69, 9.17) is 11.6 Å². The average Bonchev–Trinajstić information content (AvgIpc) is 2.85. The Morgan fingerprint density at radius 3 is 2.83 bits per heavy atom. The largest absolute Gasteiger partial charge is 0.324 e. The Bertz CT molecular complexity index is 735. The van der Waals surface area contributed by atoms with Crippen LogP contribution in [0, 0.1) is 17.0 Å². The van der Waals surface area contributed by atoms with Crippen LogP contribution >= 0.6 is 22.9 Å².